The minimum absolute atomic E-state index is 0.148. The summed E-state index contributed by atoms with van der Waals surface area (Å²) in [7, 11) is 0. The van der Waals surface area contributed by atoms with Crippen LogP contribution in [0.4, 0.5) is 5.69 Å². The SMILES string of the molecule is NCC(=O)NCC(=O)Nc1cccc(C(=O)NC2CC2)c1. The Morgan fingerprint density at radius 2 is 1.95 bits per heavy atom. The molecule has 112 valence electrons. The van der Waals surface area contributed by atoms with Gasteiger partial charge in [0.2, 0.25) is 11.8 Å². The first-order valence-corrected chi connectivity index (χ1v) is 6.76. The van der Waals surface area contributed by atoms with E-state index in [1.807, 2.05) is 0 Å². The fourth-order valence-electron chi connectivity index (χ4n) is 1.69. The summed E-state index contributed by atoms with van der Waals surface area (Å²) in [5, 5.41) is 7.86. The first-order valence-electron chi connectivity index (χ1n) is 6.76. The quantitative estimate of drug-likeness (QED) is 0.570. The molecule has 1 aromatic rings. The molecule has 0 spiro atoms. The molecule has 0 unspecified atom stereocenters. The van der Waals surface area contributed by atoms with Crippen LogP contribution in [0.15, 0.2) is 24.3 Å². The number of anilines is 1. The zero-order chi connectivity index (χ0) is 15.2. The van der Waals surface area contributed by atoms with E-state index in [0.717, 1.165) is 12.8 Å². The second-order valence-corrected chi connectivity index (χ2v) is 4.86. The van der Waals surface area contributed by atoms with Crippen LogP contribution in [0.2, 0.25) is 0 Å². The lowest BCUT2D eigenvalue weighted by Crippen LogP contribution is -2.36. The highest BCUT2D eigenvalue weighted by atomic mass is 16.2. The molecule has 1 saturated carbocycles. The van der Waals surface area contributed by atoms with Gasteiger partial charge in [-0.1, -0.05) is 6.07 Å². The highest BCUT2D eigenvalue weighted by Crippen LogP contribution is 2.20. The third kappa shape index (κ3) is 4.88. The monoisotopic (exact) mass is 290 g/mol. The van der Waals surface area contributed by atoms with E-state index < -0.39 is 5.91 Å². The Balaban J connectivity index is 1.89. The number of nitrogens with one attached hydrogen (secondary N) is 3. The molecule has 7 nitrogen and oxygen atoms in total. The average molecular weight is 290 g/mol. The Hall–Kier alpha value is -2.41. The summed E-state index contributed by atoms with van der Waals surface area (Å²) in [6.45, 7) is -0.321. The second kappa shape index (κ2) is 6.85. The number of rotatable bonds is 6. The third-order valence-corrected chi connectivity index (χ3v) is 2.95. The molecule has 0 radical (unpaired) electrons. The maximum Gasteiger partial charge on any atom is 0.251 e. The van der Waals surface area contributed by atoms with Crippen molar-refractivity contribution in [2.24, 2.45) is 5.73 Å². The van der Waals surface area contributed by atoms with E-state index in [2.05, 4.69) is 16.0 Å². The first-order chi connectivity index (χ1) is 10.1. The fraction of sp³-hybridized carbons (Fsp3) is 0.357. The van der Waals surface area contributed by atoms with Crippen molar-refractivity contribution >= 4 is 23.4 Å². The average Bonchev–Trinajstić information content (AvgIpc) is 3.29. The molecule has 0 aromatic heterocycles. The van der Waals surface area contributed by atoms with Gasteiger partial charge < -0.3 is 21.7 Å². The van der Waals surface area contributed by atoms with Crippen molar-refractivity contribution in [3.63, 3.8) is 0 Å². The zero-order valence-electron chi connectivity index (χ0n) is 11.5. The van der Waals surface area contributed by atoms with Crippen LogP contribution < -0.4 is 21.7 Å². The van der Waals surface area contributed by atoms with E-state index in [1.165, 1.54) is 0 Å². The van der Waals surface area contributed by atoms with Gasteiger partial charge in [0.15, 0.2) is 0 Å². The van der Waals surface area contributed by atoms with Crippen LogP contribution in [0.3, 0.4) is 0 Å². The molecule has 1 aromatic carbocycles. The normalized spacial score (nSPS) is 13.4. The van der Waals surface area contributed by atoms with Gasteiger partial charge in [-0.05, 0) is 31.0 Å². The zero-order valence-corrected chi connectivity index (χ0v) is 11.5. The van der Waals surface area contributed by atoms with Crippen LogP contribution in [0, 0.1) is 0 Å². The molecule has 7 heteroatoms. The standard InChI is InChI=1S/C14H18N4O3/c15-7-12(19)16-8-13(20)17-11-3-1-2-9(6-11)14(21)18-10-4-5-10/h1-3,6,10H,4-5,7-8,15H2,(H,16,19)(H,17,20)(H,18,21). The van der Waals surface area contributed by atoms with Crippen LogP contribution in [0.5, 0.6) is 0 Å². The van der Waals surface area contributed by atoms with Gasteiger partial charge in [-0.25, -0.2) is 0 Å². The number of nitrogens with two attached hydrogens (primary N) is 1. The minimum atomic E-state index is -0.400. The molecule has 1 aliphatic rings. The Kier molecular flexibility index (Phi) is 4.89. The highest BCUT2D eigenvalue weighted by molar-refractivity contribution is 5.98. The van der Waals surface area contributed by atoms with Crippen molar-refractivity contribution in [1.29, 1.82) is 0 Å². The molecule has 1 aliphatic carbocycles. The van der Waals surface area contributed by atoms with Gasteiger partial charge in [0.25, 0.3) is 5.91 Å². The first kappa shape index (κ1) is 15.0. The minimum Gasteiger partial charge on any atom is -0.349 e. The van der Waals surface area contributed by atoms with Crippen molar-refractivity contribution in [2.75, 3.05) is 18.4 Å². The van der Waals surface area contributed by atoms with Crippen molar-refractivity contribution < 1.29 is 14.4 Å². The smallest absolute Gasteiger partial charge is 0.251 e. The predicted molar refractivity (Wildman–Crippen MR) is 77.6 cm³/mol. The van der Waals surface area contributed by atoms with Gasteiger partial charge in [-0.3, -0.25) is 14.4 Å². The third-order valence-electron chi connectivity index (χ3n) is 2.95. The molecule has 0 saturated heterocycles. The van der Waals surface area contributed by atoms with E-state index in [1.54, 1.807) is 24.3 Å². The van der Waals surface area contributed by atoms with E-state index >= 15 is 0 Å². The lowest BCUT2D eigenvalue weighted by atomic mass is 10.2. The van der Waals surface area contributed by atoms with Crippen LogP contribution in [0.1, 0.15) is 23.2 Å². The van der Waals surface area contributed by atoms with E-state index in [9.17, 15) is 14.4 Å². The summed E-state index contributed by atoms with van der Waals surface area (Å²) >= 11 is 0. The molecule has 21 heavy (non-hydrogen) atoms. The van der Waals surface area contributed by atoms with Gasteiger partial charge in [0.05, 0.1) is 13.1 Å². The molecule has 0 heterocycles. The van der Waals surface area contributed by atoms with Crippen molar-refractivity contribution in [1.82, 2.24) is 10.6 Å². The molecular weight excluding hydrogens is 272 g/mol. The molecular formula is C14H18N4O3. The van der Waals surface area contributed by atoms with Crippen LogP contribution in [-0.4, -0.2) is 36.9 Å². The summed E-state index contributed by atoms with van der Waals surface area (Å²) in [5.74, 6) is -0.927. The summed E-state index contributed by atoms with van der Waals surface area (Å²) in [5.41, 5.74) is 6.12. The van der Waals surface area contributed by atoms with Crippen LogP contribution >= 0.6 is 0 Å². The van der Waals surface area contributed by atoms with E-state index in [0.29, 0.717) is 11.3 Å². The lowest BCUT2D eigenvalue weighted by molar-refractivity contribution is -0.123. The topological polar surface area (TPSA) is 113 Å². The van der Waals surface area contributed by atoms with Gasteiger partial charge in [0.1, 0.15) is 0 Å². The fourth-order valence-corrected chi connectivity index (χ4v) is 1.69. The van der Waals surface area contributed by atoms with Gasteiger partial charge in [-0.2, -0.15) is 0 Å². The molecule has 0 atom stereocenters. The number of carbonyl (C=O) groups excluding carboxylic acids is 3. The molecule has 0 aliphatic heterocycles. The molecule has 1 fully saturated rings. The molecule has 0 bridgehead atoms. The predicted octanol–water partition coefficient (Wildman–Crippen LogP) is -0.408. The summed E-state index contributed by atoms with van der Waals surface area (Å²) in [6.07, 6.45) is 2.03. The number of hydrogen-bond acceptors (Lipinski definition) is 4. The van der Waals surface area contributed by atoms with E-state index in [4.69, 9.17) is 5.73 Å². The Morgan fingerprint density at radius 3 is 2.62 bits per heavy atom. The number of carbonyl (C=O) groups is 3. The second-order valence-electron chi connectivity index (χ2n) is 4.86. The Morgan fingerprint density at radius 1 is 1.19 bits per heavy atom. The lowest BCUT2D eigenvalue weighted by Gasteiger charge is -2.08. The largest absolute Gasteiger partial charge is 0.349 e. The van der Waals surface area contributed by atoms with E-state index in [-0.39, 0.29) is 30.9 Å². The number of hydrogen-bond donors (Lipinski definition) is 4. The molecule has 5 N–H and O–H groups in total. The highest BCUT2D eigenvalue weighted by Gasteiger charge is 2.23. The Bertz CT molecular complexity index is 555. The van der Waals surface area contributed by atoms with Crippen molar-refractivity contribution in [3.8, 4) is 0 Å². The van der Waals surface area contributed by atoms with Crippen LogP contribution in [-0.2, 0) is 9.59 Å². The van der Waals surface area contributed by atoms with Crippen molar-refractivity contribution in [3.05, 3.63) is 29.8 Å². The molecule has 3 amide bonds. The summed E-state index contributed by atoms with van der Waals surface area (Å²) < 4.78 is 0. The summed E-state index contributed by atoms with van der Waals surface area (Å²) in [4.78, 5) is 34.5. The maximum absolute atomic E-state index is 11.9. The number of amides is 3. The summed E-state index contributed by atoms with van der Waals surface area (Å²) in [6, 6.07) is 6.93. The Labute approximate surface area is 122 Å². The van der Waals surface area contributed by atoms with Crippen molar-refractivity contribution in [2.45, 2.75) is 18.9 Å². The number of benzene rings is 1. The van der Waals surface area contributed by atoms with Gasteiger partial charge in [-0.15, -0.1) is 0 Å². The molecule has 2 rings (SSSR count). The maximum atomic E-state index is 11.9. The van der Waals surface area contributed by atoms with Gasteiger partial charge >= 0.3 is 0 Å². The van der Waals surface area contributed by atoms with Crippen LogP contribution in [0.25, 0.3) is 0 Å². The van der Waals surface area contributed by atoms with Gasteiger partial charge in [0, 0.05) is 17.3 Å².